The van der Waals surface area contributed by atoms with Crippen molar-refractivity contribution in [2.45, 2.75) is 33.4 Å². The Morgan fingerprint density at radius 2 is 1.73 bits per heavy atom. The summed E-state index contributed by atoms with van der Waals surface area (Å²) in [5, 5.41) is 4.14. The highest BCUT2D eigenvalue weighted by Crippen LogP contribution is 2.32. The number of halogens is 1. The van der Waals surface area contributed by atoms with Crippen LogP contribution in [0, 0.1) is 0 Å². The third-order valence-electron chi connectivity index (χ3n) is 3.85. The molecule has 4 nitrogen and oxygen atoms in total. The second kappa shape index (κ2) is 11.8. The normalized spacial score (nSPS) is 10.7. The molecular weight excluding hydrogens is 350 g/mol. The van der Waals surface area contributed by atoms with Crippen molar-refractivity contribution in [1.29, 1.82) is 0 Å². The Kier molecular flexibility index (Phi) is 9.32. The average molecular weight is 378 g/mol. The highest BCUT2D eigenvalue weighted by molar-refractivity contribution is 6.31. The van der Waals surface area contributed by atoms with Gasteiger partial charge in [-0.3, -0.25) is 0 Å². The minimum atomic E-state index is 0.404. The quantitative estimate of drug-likeness (QED) is 0.537. The van der Waals surface area contributed by atoms with Crippen LogP contribution in [-0.4, -0.2) is 26.4 Å². The molecule has 1 N–H and O–H groups in total. The van der Waals surface area contributed by atoms with Crippen LogP contribution in [0.15, 0.2) is 42.5 Å². The molecule has 0 atom stereocenters. The summed E-state index contributed by atoms with van der Waals surface area (Å²) in [5.41, 5.74) is 2.02. The molecule has 0 bridgehead atoms. The van der Waals surface area contributed by atoms with E-state index in [-0.39, 0.29) is 0 Å². The van der Waals surface area contributed by atoms with Gasteiger partial charge in [0, 0.05) is 35.9 Å². The van der Waals surface area contributed by atoms with E-state index in [2.05, 4.69) is 11.4 Å². The zero-order valence-electron chi connectivity index (χ0n) is 15.6. The van der Waals surface area contributed by atoms with Gasteiger partial charge in [-0.2, -0.15) is 0 Å². The van der Waals surface area contributed by atoms with Gasteiger partial charge in [0.15, 0.2) is 11.5 Å². The van der Waals surface area contributed by atoms with Gasteiger partial charge in [-0.05, 0) is 38.9 Å². The first-order chi connectivity index (χ1) is 12.8. The lowest BCUT2D eigenvalue weighted by Gasteiger charge is -2.17. The van der Waals surface area contributed by atoms with Crippen molar-refractivity contribution in [3.63, 3.8) is 0 Å². The predicted octanol–water partition coefficient (Wildman–Crippen LogP) is 4.83. The fourth-order valence-electron chi connectivity index (χ4n) is 2.57. The van der Waals surface area contributed by atoms with E-state index in [9.17, 15) is 0 Å². The van der Waals surface area contributed by atoms with Gasteiger partial charge in [-0.15, -0.1) is 0 Å². The van der Waals surface area contributed by atoms with Crippen molar-refractivity contribution in [3.05, 3.63) is 58.6 Å². The second-order valence-corrected chi connectivity index (χ2v) is 6.19. The van der Waals surface area contributed by atoms with Crippen LogP contribution >= 0.6 is 11.6 Å². The van der Waals surface area contributed by atoms with Crippen LogP contribution < -0.4 is 14.8 Å². The topological polar surface area (TPSA) is 39.7 Å². The molecule has 5 heteroatoms. The van der Waals surface area contributed by atoms with Crippen LogP contribution in [0.3, 0.4) is 0 Å². The van der Waals surface area contributed by atoms with Crippen LogP contribution in [0.1, 0.15) is 31.4 Å². The van der Waals surface area contributed by atoms with Crippen LogP contribution in [0.25, 0.3) is 0 Å². The van der Waals surface area contributed by atoms with E-state index >= 15 is 0 Å². The molecule has 0 fully saturated rings. The van der Waals surface area contributed by atoms with Gasteiger partial charge in [0.1, 0.15) is 6.61 Å². The zero-order chi connectivity index (χ0) is 18.6. The first-order valence-corrected chi connectivity index (χ1v) is 9.53. The molecular formula is C21H28ClNO3. The van der Waals surface area contributed by atoms with E-state index in [0.717, 1.165) is 48.8 Å². The van der Waals surface area contributed by atoms with Crippen molar-refractivity contribution in [2.75, 3.05) is 26.4 Å². The highest BCUT2D eigenvalue weighted by atomic mass is 35.5. The number of ether oxygens (including phenoxy) is 3. The maximum atomic E-state index is 6.24. The third kappa shape index (κ3) is 6.52. The molecule has 2 aromatic carbocycles. The summed E-state index contributed by atoms with van der Waals surface area (Å²) in [6.07, 6.45) is 0.981. The monoisotopic (exact) mass is 377 g/mol. The summed E-state index contributed by atoms with van der Waals surface area (Å²) in [7, 11) is 0. The van der Waals surface area contributed by atoms with Crippen molar-refractivity contribution in [2.24, 2.45) is 0 Å². The maximum Gasteiger partial charge on any atom is 0.166 e. The van der Waals surface area contributed by atoms with Crippen LogP contribution in [-0.2, 0) is 17.9 Å². The summed E-state index contributed by atoms with van der Waals surface area (Å²) in [6, 6.07) is 13.7. The molecule has 0 amide bonds. The molecule has 0 aromatic heterocycles. The molecule has 0 aliphatic rings. The molecule has 0 spiro atoms. The van der Waals surface area contributed by atoms with E-state index in [1.807, 2.05) is 50.2 Å². The Labute approximate surface area is 161 Å². The number of hydrogen-bond donors (Lipinski definition) is 1. The largest absolute Gasteiger partial charge is 0.490 e. The standard InChI is InChI=1S/C21H28ClNO3/c1-3-24-14-8-13-23-15-17-10-7-12-20(25-4-2)21(17)26-16-18-9-5-6-11-19(18)22/h5-7,9-12,23H,3-4,8,13-16H2,1-2H3. The van der Waals surface area contributed by atoms with E-state index in [1.165, 1.54) is 0 Å². The Hall–Kier alpha value is -1.75. The van der Waals surface area contributed by atoms with E-state index in [4.69, 9.17) is 25.8 Å². The first kappa shape index (κ1) is 20.6. The SMILES string of the molecule is CCOCCCNCc1cccc(OCC)c1OCc1ccccc1Cl. The van der Waals surface area contributed by atoms with E-state index in [0.29, 0.717) is 24.8 Å². The van der Waals surface area contributed by atoms with E-state index in [1.54, 1.807) is 0 Å². The van der Waals surface area contributed by atoms with Gasteiger partial charge >= 0.3 is 0 Å². The van der Waals surface area contributed by atoms with Crippen LogP contribution in [0.2, 0.25) is 5.02 Å². The molecule has 142 valence electrons. The average Bonchev–Trinajstić information content (AvgIpc) is 2.65. The lowest BCUT2D eigenvalue weighted by molar-refractivity contribution is 0.144. The highest BCUT2D eigenvalue weighted by Gasteiger charge is 2.12. The molecule has 0 unspecified atom stereocenters. The summed E-state index contributed by atoms with van der Waals surface area (Å²) in [6.45, 7) is 8.11. The molecule has 0 heterocycles. The lowest BCUT2D eigenvalue weighted by Crippen LogP contribution is -2.17. The lowest BCUT2D eigenvalue weighted by atomic mass is 10.1. The zero-order valence-corrected chi connectivity index (χ0v) is 16.3. The predicted molar refractivity (Wildman–Crippen MR) is 106 cm³/mol. The number of hydrogen-bond acceptors (Lipinski definition) is 4. The summed E-state index contributed by atoms with van der Waals surface area (Å²) in [5.74, 6) is 1.53. The maximum absolute atomic E-state index is 6.24. The smallest absolute Gasteiger partial charge is 0.166 e. The third-order valence-corrected chi connectivity index (χ3v) is 4.22. The Balaban J connectivity index is 2.02. The Morgan fingerprint density at radius 1 is 0.923 bits per heavy atom. The van der Waals surface area contributed by atoms with Crippen LogP contribution in [0.4, 0.5) is 0 Å². The van der Waals surface area contributed by atoms with Crippen molar-refractivity contribution in [3.8, 4) is 11.5 Å². The second-order valence-electron chi connectivity index (χ2n) is 5.78. The molecule has 0 saturated carbocycles. The minimum Gasteiger partial charge on any atom is -0.490 e. The molecule has 2 aromatic rings. The Bertz CT molecular complexity index is 663. The van der Waals surface area contributed by atoms with Crippen molar-refractivity contribution in [1.82, 2.24) is 5.32 Å². The van der Waals surface area contributed by atoms with Crippen LogP contribution in [0.5, 0.6) is 11.5 Å². The fraction of sp³-hybridized carbons (Fsp3) is 0.429. The summed E-state index contributed by atoms with van der Waals surface area (Å²) in [4.78, 5) is 0. The molecule has 2 rings (SSSR count). The summed E-state index contributed by atoms with van der Waals surface area (Å²) >= 11 is 6.24. The molecule has 0 saturated heterocycles. The number of para-hydroxylation sites is 1. The fourth-order valence-corrected chi connectivity index (χ4v) is 2.76. The van der Waals surface area contributed by atoms with Crippen molar-refractivity contribution < 1.29 is 14.2 Å². The first-order valence-electron chi connectivity index (χ1n) is 9.15. The molecule has 26 heavy (non-hydrogen) atoms. The van der Waals surface area contributed by atoms with Crippen molar-refractivity contribution >= 4 is 11.6 Å². The van der Waals surface area contributed by atoms with Gasteiger partial charge in [0.2, 0.25) is 0 Å². The number of benzene rings is 2. The molecule has 0 aliphatic carbocycles. The van der Waals surface area contributed by atoms with Gasteiger partial charge < -0.3 is 19.5 Å². The van der Waals surface area contributed by atoms with Gasteiger partial charge in [-0.25, -0.2) is 0 Å². The number of rotatable bonds is 12. The van der Waals surface area contributed by atoms with Gasteiger partial charge in [-0.1, -0.05) is 41.9 Å². The summed E-state index contributed by atoms with van der Waals surface area (Å²) < 4.78 is 17.2. The molecule has 0 aliphatic heterocycles. The van der Waals surface area contributed by atoms with Gasteiger partial charge in [0.05, 0.1) is 6.61 Å². The Morgan fingerprint density at radius 3 is 2.50 bits per heavy atom. The molecule has 0 radical (unpaired) electrons. The minimum absolute atomic E-state index is 0.404. The van der Waals surface area contributed by atoms with E-state index < -0.39 is 0 Å². The van der Waals surface area contributed by atoms with Gasteiger partial charge in [0.25, 0.3) is 0 Å². The number of nitrogens with one attached hydrogen (secondary N) is 1.